The fraction of sp³-hybridized carbons (Fsp3) is 0.111. The molecule has 2 aromatic carbocycles. The van der Waals surface area contributed by atoms with Crippen molar-refractivity contribution in [2.45, 2.75) is 13.0 Å². The zero-order chi connectivity index (χ0) is 19.1. The first kappa shape index (κ1) is 19.1. The van der Waals surface area contributed by atoms with Crippen LogP contribution in [0.15, 0.2) is 54.6 Å². The fourth-order valence-corrected chi connectivity index (χ4v) is 2.11. The number of ketones is 1. The van der Waals surface area contributed by atoms with Gasteiger partial charge in [0.2, 0.25) is 0 Å². The molecule has 1 atom stereocenters. The van der Waals surface area contributed by atoms with E-state index in [0.29, 0.717) is 16.3 Å². The summed E-state index contributed by atoms with van der Waals surface area (Å²) in [5, 5.41) is 12.3. The summed E-state index contributed by atoms with van der Waals surface area (Å²) in [6, 6.07) is 13.2. The second-order valence-electron chi connectivity index (χ2n) is 5.29. The van der Waals surface area contributed by atoms with Gasteiger partial charge < -0.3 is 10.2 Å². The van der Waals surface area contributed by atoms with Crippen LogP contribution >= 0.6 is 11.6 Å². The van der Waals surface area contributed by atoms with Gasteiger partial charge in [-0.1, -0.05) is 29.8 Å². The van der Waals surface area contributed by atoms with E-state index in [-0.39, 0.29) is 5.78 Å². The summed E-state index contributed by atoms with van der Waals surface area (Å²) in [6.45, 7) is 1.26. The van der Waals surface area contributed by atoms with E-state index in [4.69, 9.17) is 11.6 Å². The molecule has 134 valence electrons. The molecule has 0 radical (unpaired) electrons. The highest BCUT2D eigenvalue weighted by Gasteiger charge is 2.16. The van der Waals surface area contributed by atoms with Crippen molar-refractivity contribution in [2.75, 3.05) is 5.32 Å². The summed E-state index contributed by atoms with van der Waals surface area (Å²) < 4.78 is 0. The SMILES string of the molecule is CC(O[N+](=O)[O-])C(=O)Nc1ccc(C(=O)/C=C/c2ccc(Cl)cc2)cc1. The zero-order valence-corrected chi connectivity index (χ0v) is 14.5. The molecule has 1 N–H and O–H groups in total. The first-order valence-corrected chi connectivity index (χ1v) is 7.93. The minimum atomic E-state index is -1.24. The molecule has 0 bridgehead atoms. The number of hydrogen-bond donors (Lipinski definition) is 1. The molecule has 2 aromatic rings. The van der Waals surface area contributed by atoms with Gasteiger partial charge in [0.15, 0.2) is 11.9 Å². The highest BCUT2D eigenvalue weighted by Crippen LogP contribution is 2.14. The number of amides is 1. The Morgan fingerprint density at radius 1 is 1.15 bits per heavy atom. The molecular formula is C18H15ClN2O5. The third-order valence-corrected chi connectivity index (χ3v) is 3.60. The minimum Gasteiger partial charge on any atom is -0.324 e. The van der Waals surface area contributed by atoms with Crippen molar-refractivity contribution in [3.8, 4) is 0 Å². The second-order valence-corrected chi connectivity index (χ2v) is 5.72. The van der Waals surface area contributed by atoms with Crippen molar-refractivity contribution in [2.24, 2.45) is 0 Å². The first-order valence-electron chi connectivity index (χ1n) is 7.55. The van der Waals surface area contributed by atoms with Crippen LogP contribution in [0.5, 0.6) is 0 Å². The number of hydrogen-bond acceptors (Lipinski definition) is 5. The average Bonchev–Trinajstić information content (AvgIpc) is 2.61. The summed E-state index contributed by atoms with van der Waals surface area (Å²) >= 11 is 5.80. The normalized spacial score (nSPS) is 11.8. The van der Waals surface area contributed by atoms with E-state index in [1.54, 1.807) is 42.5 Å². The van der Waals surface area contributed by atoms with Gasteiger partial charge in [0.1, 0.15) is 0 Å². The van der Waals surface area contributed by atoms with E-state index < -0.39 is 17.1 Å². The van der Waals surface area contributed by atoms with Crippen LogP contribution in [-0.2, 0) is 9.63 Å². The van der Waals surface area contributed by atoms with Gasteiger partial charge in [0.25, 0.3) is 11.0 Å². The van der Waals surface area contributed by atoms with E-state index >= 15 is 0 Å². The Balaban J connectivity index is 1.97. The first-order chi connectivity index (χ1) is 12.3. The number of halogens is 1. The molecule has 0 spiro atoms. The van der Waals surface area contributed by atoms with Crippen molar-refractivity contribution in [3.63, 3.8) is 0 Å². The summed E-state index contributed by atoms with van der Waals surface area (Å²) in [6.07, 6.45) is 1.86. The predicted molar refractivity (Wildman–Crippen MR) is 97.4 cm³/mol. The predicted octanol–water partition coefficient (Wildman–Crippen LogP) is 3.77. The molecule has 0 saturated carbocycles. The van der Waals surface area contributed by atoms with Crippen LogP contribution in [0, 0.1) is 10.1 Å². The molecule has 0 aliphatic heterocycles. The van der Waals surface area contributed by atoms with Crippen molar-refractivity contribution in [1.82, 2.24) is 0 Å². The highest BCUT2D eigenvalue weighted by molar-refractivity contribution is 6.30. The molecule has 0 fully saturated rings. The van der Waals surface area contributed by atoms with Crippen molar-refractivity contribution in [3.05, 3.63) is 80.9 Å². The van der Waals surface area contributed by atoms with Crippen molar-refractivity contribution in [1.29, 1.82) is 0 Å². The third-order valence-electron chi connectivity index (χ3n) is 3.35. The van der Waals surface area contributed by atoms with E-state index in [9.17, 15) is 19.7 Å². The molecule has 7 nitrogen and oxygen atoms in total. The van der Waals surface area contributed by atoms with Crippen LogP contribution in [-0.4, -0.2) is 22.9 Å². The van der Waals surface area contributed by atoms with Crippen LogP contribution in [0.25, 0.3) is 6.08 Å². The lowest BCUT2D eigenvalue weighted by molar-refractivity contribution is -0.763. The zero-order valence-electron chi connectivity index (χ0n) is 13.7. The molecule has 1 amide bonds. The standard InChI is InChI=1S/C18H15ClN2O5/c1-12(26-21(24)25)18(23)20-16-9-5-14(6-10-16)17(22)11-4-13-2-7-15(19)8-3-13/h2-12H,1H3,(H,20,23)/b11-4+. The Kier molecular flexibility index (Phi) is 6.46. The number of benzene rings is 2. The third kappa shape index (κ3) is 5.71. The number of nitrogens with zero attached hydrogens (tertiary/aromatic N) is 1. The highest BCUT2D eigenvalue weighted by atomic mass is 35.5. The summed E-state index contributed by atoms with van der Waals surface area (Å²) in [5.74, 6) is -0.869. The van der Waals surface area contributed by atoms with Crippen LogP contribution < -0.4 is 5.32 Å². The lowest BCUT2D eigenvalue weighted by atomic mass is 10.1. The molecule has 0 aliphatic rings. The van der Waals surface area contributed by atoms with Crippen molar-refractivity contribution < 1.29 is 19.5 Å². The van der Waals surface area contributed by atoms with Gasteiger partial charge in [-0.15, -0.1) is 10.1 Å². The Bertz CT molecular complexity index is 832. The molecular weight excluding hydrogens is 360 g/mol. The van der Waals surface area contributed by atoms with Crippen molar-refractivity contribution >= 4 is 35.1 Å². The molecule has 8 heteroatoms. The van der Waals surface area contributed by atoms with E-state index in [2.05, 4.69) is 10.2 Å². The molecule has 0 aliphatic carbocycles. The Labute approximate surface area is 154 Å². The topological polar surface area (TPSA) is 98.5 Å². The number of nitrogens with one attached hydrogen (secondary N) is 1. The fourth-order valence-electron chi connectivity index (χ4n) is 1.98. The van der Waals surface area contributed by atoms with Crippen LogP contribution in [0.1, 0.15) is 22.8 Å². The number of allylic oxidation sites excluding steroid dienone is 1. The number of anilines is 1. The van der Waals surface area contributed by atoms with Crippen LogP contribution in [0.4, 0.5) is 5.69 Å². The summed E-state index contributed by atoms with van der Waals surface area (Å²) in [5.41, 5.74) is 1.67. The van der Waals surface area contributed by atoms with E-state index in [1.807, 2.05) is 0 Å². The molecule has 0 aromatic heterocycles. The van der Waals surface area contributed by atoms with Gasteiger partial charge in [0, 0.05) is 16.3 Å². The molecule has 2 rings (SSSR count). The summed E-state index contributed by atoms with van der Waals surface area (Å²) in [4.78, 5) is 38.3. The van der Waals surface area contributed by atoms with E-state index in [1.165, 1.54) is 25.1 Å². The van der Waals surface area contributed by atoms with Crippen LogP contribution in [0.2, 0.25) is 5.02 Å². The number of rotatable bonds is 7. The largest absolute Gasteiger partial charge is 0.324 e. The van der Waals surface area contributed by atoms with Crippen LogP contribution in [0.3, 0.4) is 0 Å². The number of carbonyl (C=O) groups excluding carboxylic acids is 2. The monoisotopic (exact) mass is 374 g/mol. The van der Waals surface area contributed by atoms with E-state index in [0.717, 1.165) is 5.56 Å². The smallest absolute Gasteiger partial charge is 0.295 e. The number of carbonyl (C=O) groups is 2. The quantitative estimate of drug-likeness (QED) is 0.344. The maximum atomic E-state index is 12.2. The Morgan fingerprint density at radius 2 is 1.77 bits per heavy atom. The molecule has 1 unspecified atom stereocenters. The van der Waals surface area contributed by atoms with Gasteiger partial charge in [-0.2, -0.15) is 0 Å². The van der Waals surface area contributed by atoms with Gasteiger partial charge >= 0.3 is 0 Å². The average molecular weight is 375 g/mol. The maximum absolute atomic E-state index is 12.2. The van der Waals surface area contributed by atoms with Gasteiger partial charge in [-0.05, 0) is 55.0 Å². The van der Waals surface area contributed by atoms with Gasteiger partial charge in [-0.3, -0.25) is 9.59 Å². The lowest BCUT2D eigenvalue weighted by Crippen LogP contribution is -2.29. The Morgan fingerprint density at radius 3 is 2.35 bits per heavy atom. The Hall–Kier alpha value is -3.19. The van der Waals surface area contributed by atoms with Gasteiger partial charge in [0.05, 0.1) is 0 Å². The molecule has 26 heavy (non-hydrogen) atoms. The molecule has 0 heterocycles. The maximum Gasteiger partial charge on any atom is 0.295 e. The molecule has 0 saturated heterocycles. The minimum absolute atomic E-state index is 0.206. The second kappa shape index (κ2) is 8.77. The lowest BCUT2D eigenvalue weighted by Gasteiger charge is -2.10. The van der Waals surface area contributed by atoms with Gasteiger partial charge in [-0.25, -0.2) is 0 Å². The summed E-state index contributed by atoms with van der Waals surface area (Å²) in [7, 11) is 0.